The third-order valence-corrected chi connectivity index (χ3v) is 9.88. The van der Waals surface area contributed by atoms with E-state index in [0.717, 1.165) is 23.2 Å². The largest absolute Gasteiger partial charge is 0.541 e. The van der Waals surface area contributed by atoms with Crippen molar-refractivity contribution in [3.8, 4) is 11.5 Å². The number of hydrogen-bond donors (Lipinski definition) is 0. The van der Waals surface area contributed by atoms with Crippen LogP contribution in [0.4, 0.5) is 0 Å². The van der Waals surface area contributed by atoms with Crippen LogP contribution < -0.4 is 9.16 Å². The summed E-state index contributed by atoms with van der Waals surface area (Å²) in [4.78, 5) is 11.5. The molecule has 0 spiro atoms. The molecule has 0 N–H and O–H groups in total. The lowest BCUT2D eigenvalue weighted by Crippen LogP contribution is -2.43. The highest BCUT2D eigenvalue weighted by Crippen LogP contribution is 2.40. The zero-order valence-corrected chi connectivity index (χ0v) is 19.5. The summed E-state index contributed by atoms with van der Waals surface area (Å²) >= 11 is 0. The van der Waals surface area contributed by atoms with Crippen molar-refractivity contribution in [1.82, 2.24) is 0 Å². The Labute approximate surface area is 176 Å². The fourth-order valence-corrected chi connectivity index (χ4v) is 3.73. The quantitative estimate of drug-likeness (QED) is 0.372. The maximum atomic E-state index is 11.5. The Kier molecular flexibility index (Phi) is 8.05. The van der Waals surface area contributed by atoms with Gasteiger partial charge in [0.05, 0.1) is 20.3 Å². The Morgan fingerprint density at radius 2 is 1.69 bits per heavy atom. The number of aldehydes is 1. The molecule has 0 aliphatic rings. The Balaban J connectivity index is 2.01. The van der Waals surface area contributed by atoms with E-state index in [0.29, 0.717) is 25.4 Å². The van der Waals surface area contributed by atoms with Crippen LogP contribution in [0.15, 0.2) is 48.5 Å². The molecule has 0 aliphatic carbocycles. The van der Waals surface area contributed by atoms with Crippen molar-refractivity contribution in [1.29, 1.82) is 0 Å². The summed E-state index contributed by atoms with van der Waals surface area (Å²) in [6.45, 7) is 12.0. The number of carbonyl (C=O) groups is 1. The molecule has 0 amide bonds. The summed E-state index contributed by atoms with van der Waals surface area (Å²) in [7, 11) is -0.305. The average Bonchev–Trinajstić information content (AvgIpc) is 2.68. The average molecular weight is 415 g/mol. The molecule has 0 saturated carbocycles. The van der Waals surface area contributed by atoms with Gasteiger partial charge >= 0.3 is 0 Å². The molecule has 0 heterocycles. The standard InChI is InChI=1S/C24H34O4Si/c1-24(2,3)29(5,6)28-22-13-12-20(15-23(22)26-4)14-21(16-25)18-27-17-19-10-8-7-9-11-19/h7-13,15-16,21H,14,17-18H2,1-6H3/t21-/m0/s1. The van der Waals surface area contributed by atoms with E-state index in [-0.39, 0.29) is 11.0 Å². The topological polar surface area (TPSA) is 44.8 Å². The Hall–Kier alpha value is -2.11. The monoisotopic (exact) mass is 414 g/mol. The summed E-state index contributed by atoms with van der Waals surface area (Å²) in [6, 6.07) is 15.9. The first-order valence-corrected chi connectivity index (χ1v) is 13.0. The second-order valence-electron chi connectivity index (χ2n) is 8.95. The van der Waals surface area contributed by atoms with E-state index in [1.165, 1.54) is 0 Å². The van der Waals surface area contributed by atoms with Gasteiger partial charge in [-0.05, 0) is 47.8 Å². The summed E-state index contributed by atoms with van der Waals surface area (Å²) in [6.07, 6.45) is 1.58. The molecule has 0 fully saturated rings. The van der Waals surface area contributed by atoms with Gasteiger partial charge in [-0.1, -0.05) is 57.2 Å². The zero-order valence-electron chi connectivity index (χ0n) is 18.5. The van der Waals surface area contributed by atoms with Crippen molar-refractivity contribution in [2.75, 3.05) is 13.7 Å². The second kappa shape index (κ2) is 10.1. The maximum Gasteiger partial charge on any atom is 0.250 e. The van der Waals surface area contributed by atoms with E-state index in [1.54, 1.807) is 7.11 Å². The van der Waals surface area contributed by atoms with Crippen LogP contribution in [0.5, 0.6) is 11.5 Å². The SMILES string of the molecule is COc1cc(C[C@@H](C=O)COCc2ccccc2)ccc1O[Si](C)(C)C(C)(C)C. The Morgan fingerprint density at radius 3 is 2.28 bits per heavy atom. The number of methoxy groups -OCH3 is 1. The van der Waals surface area contributed by atoms with Gasteiger partial charge in [0.1, 0.15) is 12.0 Å². The third kappa shape index (κ3) is 6.72. The summed E-state index contributed by atoms with van der Waals surface area (Å²) < 4.78 is 17.7. The molecule has 0 aliphatic heterocycles. The van der Waals surface area contributed by atoms with Gasteiger partial charge in [0.15, 0.2) is 5.75 Å². The maximum absolute atomic E-state index is 11.5. The number of rotatable bonds is 10. The van der Waals surface area contributed by atoms with Crippen molar-refractivity contribution in [2.45, 2.75) is 51.9 Å². The predicted octanol–water partition coefficient (Wildman–Crippen LogP) is 5.65. The van der Waals surface area contributed by atoms with Crippen LogP contribution in [-0.4, -0.2) is 28.3 Å². The molecule has 4 nitrogen and oxygen atoms in total. The molecule has 29 heavy (non-hydrogen) atoms. The van der Waals surface area contributed by atoms with Gasteiger partial charge in [0.25, 0.3) is 8.32 Å². The minimum atomic E-state index is -1.96. The van der Waals surface area contributed by atoms with Gasteiger partial charge in [-0.2, -0.15) is 0 Å². The molecule has 5 heteroatoms. The van der Waals surface area contributed by atoms with Crippen LogP contribution in [0.3, 0.4) is 0 Å². The Morgan fingerprint density at radius 1 is 1.00 bits per heavy atom. The molecular weight excluding hydrogens is 380 g/mol. The molecule has 2 aromatic rings. The van der Waals surface area contributed by atoms with E-state index < -0.39 is 8.32 Å². The number of benzene rings is 2. The van der Waals surface area contributed by atoms with Crippen LogP contribution in [0.1, 0.15) is 31.9 Å². The molecule has 0 bridgehead atoms. The van der Waals surface area contributed by atoms with Crippen molar-refractivity contribution in [2.24, 2.45) is 5.92 Å². The molecule has 0 unspecified atom stereocenters. The lowest BCUT2D eigenvalue weighted by atomic mass is 10.0. The molecule has 2 aromatic carbocycles. The minimum absolute atomic E-state index is 0.107. The van der Waals surface area contributed by atoms with Gasteiger partial charge in [-0.25, -0.2) is 0 Å². The molecule has 0 radical (unpaired) electrons. The summed E-state index contributed by atoms with van der Waals surface area (Å²) in [5, 5.41) is 0.107. The van der Waals surface area contributed by atoms with Gasteiger partial charge in [0.2, 0.25) is 0 Å². The van der Waals surface area contributed by atoms with E-state index in [1.807, 2.05) is 48.5 Å². The summed E-state index contributed by atoms with van der Waals surface area (Å²) in [5.41, 5.74) is 2.13. The normalized spacial score (nSPS) is 13.0. The molecule has 0 aromatic heterocycles. The van der Waals surface area contributed by atoms with E-state index >= 15 is 0 Å². The van der Waals surface area contributed by atoms with Crippen LogP contribution in [-0.2, 0) is 22.6 Å². The van der Waals surface area contributed by atoms with Crippen molar-refractivity contribution < 1.29 is 18.7 Å². The summed E-state index contributed by atoms with van der Waals surface area (Å²) in [5.74, 6) is 1.28. The lowest BCUT2D eigenvalue weighted by Gasteiger charge is -2.36. The number of hydrogen-bond acceptors (Lipinski definition) is 4. The zero-order chi connectivity index (χ0) is 21.5. The highest BCUT2D eigenvalue weighted by molar-refractivity contribution is 6.74. The first-order valence-electron chi connectivity index (χ1n) is 10.1. The van der Waals surface area contributed by atoms with E-state index in [2.05, 4.69) is 33.9 Å². The molecule has 1 atom stereocenters. The van der Waals surface area contributed by atoms with Crippen LogP contribution in [0.25, 0.3) is 0 Å². The Bertz CT molecular complexity index is 781. The van der Waals surface area contributed by atoms with Crippen molar-refractivity contribution in [3.05, 3.63) is 59.7 Å². The van der Waals surface area contributed by atoms with E-state index in [9.17, 15) is 4.79 Å². The van der Waals surface area contributed by atoms with Gasteiger partial charge in [0, 0.05) is 5.92 Å². The second-order valence-corrected chi connectivity index (χ2v) is 13.7. The van der Waals surface area contributed by atoms with Crippen LogP contribution in [0, 0.1) is 5.92 Å². The first-order chi connectivity index (χ1) is 13.7. The minimum Gasteiger partial charge on any atom is -0.541 e. The number of ether oxygens (including phenoxy) is 2. The van der Waals surface area contributed by atoms with Gasteiger partial charge in [-0.15, -0.1) is 0 Å². The molecular formula is C24H34O4Si. The number of carbonyl (C=O) groups excluding carboxylic acids is 1. The first kappa shape index (κ1) is 23.2. The fraction of sp³-hybridized carbons (Fsp3) is 0.458. The molecule has 158 valence electrons. The highest BCUT2D eigenvalue weighted by atomic mass is 28.4. The van der Waals surface area contributed by atoms with Gasteiger partial charge < -0.3 is 18.7 Å². The van der Waals surface area contributed by atoms with Gasteiger partial charge in [-0.3, -0.25) is 0 Å². The smallest absolute Gasteiger partial charge is 0.250 e. The molecule has 2 rings (SSSR count). The molecule has 0 saturated heterocycles. The van der Waals surface area contributed by atoms with Crippen molar-refractivity contribution in [3.63, 3.8) is 0 Å². The lowest BCUT2D eigenvalue weighted by molar-refractivity contribution is -0.113. The van der Waals surface area contributed by atoms with Crippen LogP contribution >= 0.6 is 0 Å². The third-order valence-electron chi connectivity index (χ3n) is 5.53. The van der Waals surface area contributed by atoms with E-state index in [4.69, 9.17) is 13.9 Å². The van der Waals surface area contributed by atoms with Crippen molar-refractivity contribution >= 4 is 14.6 Å². The fourth-order valence-electron chi connectivity index (χ4n) is 2.70. The predicted molar refractivity (Wildman–Crippen MR) is 120 cm³/mol. The highest BCUT2D eigenvalue weighted by Gasteiger charge is 2.39. The van der Waals surface area contributed by atoms with Crippen LogP contribution in [0.2, 0.25) is 18.1 Å².